The fourth-order valence-corrected chi connectivity index (χ4v) is 2.11. The van der Waals surface area contributed by atoms with Gasteiger partial charge in [-0.2, -0.15) is 5.10 Å². The predicted octanol–water partition coefficient (Wildman–Crippen LogP) is 1.81. The van der Waals surface area contributed by atoms with E-state index in [4.69, 9.17) is 10.2 Å². The van der Waals surface area contributed by atoms with Crippen molar-refractivity contribution in [3.63, 3.8) is 0 Å². The minimum Gasteiger partial charge on any atom is -0.481 e. The number of carboxylic acids is 2. The Morgan fingerprint density at radius 1 is 1.20 bits per heavy atom. The third kappa shape index (κ3) is 2.69. The van der Waals surface area contributed by atoms with Crippen LogP contribution in [0.2, 0.25) is 0 Å². The van der Waals surface area contributed by atoms with Crippen LogP contribution in [0.4, 0.5) is 0 Å². The van der Waals surface area contributed by atoms with Gasteiger partial charge in [-0.15, -0.1) is 0 Å². The highest BCUT2D eigenvalue weighted by Gasteiger charge is 2.12. The molecule has 6 heteroatoms. The number of aryl methyl sites for hydroxylation is 2. The molecule has 0 saturated carbocycles. The van der Waals surface area contributed by atoms with Gasteiger partial charge < -0.3 is 10.2 Å². The summed E-state index contributed by atoms with van der Waals surface area (Å²) in [5, 5.41) is 21.8. The second-order valence-corrected chi connectivity index (χ2v) is 4.61. The molecule has 104 valence electrons. The largest absolute Gasteiger partial charge is 0.481 e. The first-order valence-corrected chi connectivity index (χ1v) is 5.98. The molecule has 1 aromatic carbocycles. The summed E-state index contributed by atoms with van der Waals surface area (Å²) in [7, 11) is 0. The van der Waals surface area contributed by atoms with E-state index in [0.717, 1.165) is 16.7 Å². The van der Waals surface area contributed by atoms with Crippen LogP contribution in [0.15, 0.2) is 24.5 Å². The summed E-state index contributed by atoms with van der Waals surface area (Å²) in [6.45, 7) is 3.66. The van der Waals surface area contributed by atoms with Gasteiger partial charge in [0.05, 0.1) is 23.9 Å². The highest BCUT2D eigenvalue weighted by molar-refractivity contribution is 5.87. The van der Waals surface area contributed by atoms with Crippen molar-refractivity contribution >= 4 is 11.9 Å². The molecule has 0 aliphatic rings. The predicted molar refractivity (Wildman–Crippen MR) is 71.3 cm³/mol. The van der Waals surface area contributed by atoms with Crippen molar-refractivity contribution in [3.05, 3.63) is 46.8 Å². The summed E-state index contributed by atoms with van der Waals surface area (Å²) in [4.78, 5) is 21.7. The number of carboxylic acid groups (broad SMARTS) is 2. The van der Waals surface area contributed by atoms with Crippen molar-refractivity contribution in [1.82, 2.24) is 9.78 Å². The number of hydrogen-bond donors (Lipinski definition) is 2. The number of rotatable bonds is 4. The quantitative estimate of drug-likeness (QED) is 0.887. The second-order valence-electron chi connectivity index (χ2n) is 4.61. The van der Waals surface area contributed by atoms with Crippen molar-refractivity contribution in [1.29, 1.82) is 0 Å². The zero-order chi connectivity index (χ0) is 14.9. The molecule has 0 fully saturated rings. The minimum atomic E-state index is -1.04. The van der Waals surface area contributed by atoms with Gasteiger partial charge in [-0.05, 0) is 42.7 Å². The van der Waals surface area contributed by atoms with Crippen LogP contribution in [0.5, 0.6) is 0 Å². The maximum Gasteiger partial charge on any atom is 0.338 e. The van der Waals surface area contributed by atoms with Gasteiger partial charge in [0, 0.05) is 6.20 Å². The van der Waals surface area contributed by atoms with E-state index >= 15 is 0 Å². The number of aliphatic carboxylic acids is 1. The van der Waals surface area contributed by atoms with Gasteiger partial charge in [-0.1, -0.05) is 0 Å². The molecule has 1 aromatic heterocycles. The zero-order valence-corrected chi connectivity index (χ0v) is 11.1. The number of aromatic carboxylic acids is 1. The maximum atomic E-state index is 10.8. The van der Waals surface area contributed by atoms with E-state index in [0.29, 0.717) is 5.69 Å². The smallest absolute Gasteiger partial charge is 0.338 e. The molecule has 0 atom stereocenters. The lowest BCUT2D eigenvalue weighted by molar-refractivity contribution is -0.136. The summed E-state index contributed by atoms with van der Waals surface area (Å²) in [5.74, 6) is -1.91. The Balaban J connectivity index is 2.43. The standard InChI is InChI=1S/C14H14N2O4/c1-8-3-11(4-9(2)12(8)5-13(17)18)16-7-10(6-15-16)14(19)20/h3-4,6-7H,5H2,1-2H3,(H,17,18)(H,19,20). The summed E-state index contributed by atoms with van der Waals surface area (Å²) < 4.78 is 1.47. The normalized spacial score (nSPS) is 10.5. The van der Waals surface area contributed by atoms with Gasteiger partial charge >= 0.3 is 11.9 Å². The van der Waals surface area contributed by atoms with E-state index in [1.807, 2.05) is 13.8 Å². The summed E-state index contributed by atoms with van der Waals surface area (Å²) in [6, 6.07) is 3.59. The van der Waals surface area contributed by atoms with Crippen molar-refractivity contribution in [2.45, 2.75) is 20.3 Å². The number of hydrogen-bond acceptors (Lipinski definition) is 3. The van der Waals surface area contributed by atoms with E-state index in [1.165, 1.54) is 17.1 Å². The topological polar surface area (TPSA) is 92.4 Å². The fraction of sp³-hybridized carbons (Fsp3) is 0.214. The molecular formula is C14H14N2O4. The van der Waals surface area contributed by atoms with E-state index in [9.17, 15) is 9.59 Å². The average molecular weight is 274 g/mol. The molecule has 0 spiro atoms. The van der Waals surface area contributed by atoms with Gasteiger partial charge in [-0.25, -0.2) is 9.48 Å². The van der Waals surface area contributed by atoms with Crippen LogP contribution in [-0.2, 0) is 11.2 Å². The molecular weight excluding hydrogens is 260 g/mol. The van der Waals surface area contributed by atoms with Gasteiger partial charge in [0.15, 0.2) is 0 Å². The first kappa shape index (κ1) is 13.8. The monoisotopic (exact) mass is 274 g/mol. The number of aromatic nitrogens is 2. The van der Waals surface area contributed by atoms with E-state index in [2.05, 4.69) is 5.10 Å². The first-order chi connectivity index (χ1) is 9.38. The van der Waals surface area contributed by atoms with Crippen LogP contribution in [0, 0.1) is 13.8 Å². The van der Waals surface area contributed by atoms with Gasteiger partial charge in [0.25, 0.3) is 0 Å². The Morgan fingerprint density at radius 3 is 2.25 bits per heavy atom. The molecule has 2 N–H and O–H groups in total. The van der Waals surface area contributed by atoms with Crippen LogP contribution >= 0.6 is 0 Å². The Kier molecular flexibility index (Phi) is 3.56. The van der Waals surface area contributed by atoms with Gasteiger partial charge in [-0.3, -0.25) is 4.79 Å². The summed E-state index contributed by atoms with van der Waals surface area (Å²) in [6.07, 6.45) is 2.67. The average Bonchev–Trinajstić information content (AvgIpc) is 2.83. The maximum absolute atomic E-state index is 10.8. The number of carbonyl (C=O) groups is 2. The summed E-state index contributed by atoms with van der Waals surface area (Å²) in [5.41, 5.74) is 3.27. The number of benzene rings is 1. The van der Waals surface area contributed by atoms with Crippen LogP contribution < -0.4 is 0 Å². The van der Waals surface area contributed by atoms with Crippen molar-refractivity contribution in [2.75, 3.05) is 0 Å². The molecule has 0 amide bonds. The lowest BCUT2D eigenvalue weighted by Crippen LogP contribution is -2.06. The van der Waals surface area contributed by atoms with Crippen LogP contribution in [0.25, 0.3) is 5.69 Å². The lowest BCUT2D eigenvalue weighted by Gasteiger charge is -2.11. The molecule has 2 rings (SSSR count). The molecule has 0 saturated heterocycles. The molecule has 0 aliphatic carbocycles. The van der Waals surface area contributed by atoms with E-state index in [-0.39, 0.29) is 12.0 Å². The molecule has 6 nitrogen and oxygen atoms in total. The second kappa shape index (κ2) is 5.16. The third-order valence-electron chi connectivity index (χ3n) is 3.10. The molecule has 0 aliphatic heterocycles. The van der Waals surface area contributed by atoms with Crippen LogP contribution in [0.3, 0.4) is 0 Å². The SMILES string of the molecule is Cc1cc(-n2cc(C(=O)O)cn2)cc(C)c1CC(=O)O. The first-order valence-electron chi connectivity index (χ1n) is 5.98. The van der Waals surface area contributed by atoms with Crippen molar-refractivity contribution in [3.8, 4) is 5.69 Å². The highest BCUT2D eigenvalue weighted by atomic mass is 16.4. The van der Waals surface area contributed by atoms with E-state index < -0.39 is 11.9 Å². The third-order valence-corrected chi connectivity index (χ3v) is 3.10. The van der Waals surface area contributed by atoms with Crippen molar-refractivity contribution < 1.29 is 19.8 Å². The van der Waals surface area contributed by atoms with Gasteiger partial charge in [0.2, 0.25) is 0 Å². The molecule has 0 radical (unpaired) electrons. The minimum absolute atomic E-state index is 0.0303. The van der Waals surface area contributed by atoms with E-state index in [1.54, 1.807) is 12.1 Å². The van der Waals surface area contributed by atoms with Crippen molar-refractivity contribution in [2.24, 2.45) is 0 Å². The Morgan fingerprint density at radius 2 is 1.80 bits per heavy atom. The molecule has 2 aromatic rings. The highest BCUT2D eigenvalue weighted by Crippen LogP contribution is 2.20. The molecule has 20 heavy (non-hydrogen) atoms. The van der Waals surface area contributed by atoms with Gasteiger partial charge in [0.1, 0.15) is 0 Å². The van der Waals surface area contributed by atoms with Crippen LogP contribution in [0.1, 0.15) is 27.0 Å². The Bertz CT molecular complexity index is 665. The zero-order valence-electron chi connectivity index (χ0n) is 11.1. The molecule has 0 unspecified atom stereocenters. The molecule has 0 bridgehead atoms. The van der Waals surface area contributed by atoms with Crippen LogP contribution in [-0.4, -0.2) is 31.9 Å². The lowest BCUT2D eigenvalue weighted by atomic mass is 9.99. The summed E-state index contributed by atoms with van der Waals surface area (Å²) >= 11 is 0. The fourth-order valence-electron chi connectivity index (χ4n) is 2.11. The Labute approximate surface area is 115 Å². The number of nitrogens with zero attached hydrogens (tertiary/aromatic N) is 2. The molecule has 1 heterocycles. The Hall–Kier alpha value is -2.63.